The smallest absolute Gasteiger partial charge is 0.0931 e. The van der Waals surface area contributed by atoms with Gasteiger partial charge in [-0.25, -0.2) is 0 Å². The fourth-order valence-electron chi connectivity index (χ4n) is 2.56. The zero-order valence-electron chi connectivity index (χ0n) is 9.66. The van der Waals surface area contributed by atoms with Crippen LogP contribution in [0.5, 0.6) is 0 Å². The molecule has 1 aromatic rings. The van der Waals surface area contributed by atoms with Gasteiger partial charge >= 0.3 is 0 Å². The Morgan fingerprint density at radius 2 is 2.19 bits per heavy atom. The Balaban J connectivity index is 2.09. The van der Waals surface area contributed by atoms with Crippen LogP contribution in [0.15, 0.2) is 12.1 Å². The molecule has 0 aromatic carbocycles. The normalized spacial score (nSPS) is 19.5. The molecule has 0 bridgehead atoms. The number of likely N-dealkylation sites (N-methyl/N-ethyl adjacent to an activating group) is 1. The molecule has 2 N–H and O–H groups in total. The zero-order valence-corrected chi connectivity index (χ0v) is 11.2. The van der Waals surface area contributed by atoms with E-state index in [9.17, 15) is 0 Å². The van der Waals surface area contributed by atoms with Gasteiger partial charge < -0.3 is 5.73 Å². The molecule has 4 heteroatoms. The molecule has 1 saturated carbocycles. The quantitative estimate of drug-likeness (QED) is 0.898. The summed E-state index contributed by atoms with van der Waals surface area (Å²) in [5.41, 5.74) is 5.90. The highest BCUT2D eigenvalue weighted by molar-refractivity contribution is 7.16. The highest BCUT2D eigenvalue weighted by Crippen LogP contribution is 2.33. The number of halogens is 1. The third kappa shape index (κ3) is 2.59. The first-order chi connectivity index (χ1) is 7.72. The van der Waals surface area contributed by atoms with Crippen molar-refractivity contribution in [2.24, 2.45) is 5.73 Å². The van der Waals surface area contributed by atoms with Gasteiger partial charge in [-0.15, -0.1) is 11.3 Å². The molecule has 0 amide bonds. The summed E-state index contributed by atoms with van der Waals surface area (Å²) in [4.78, 5) is 3.73. The maximum atomic E-state index is 5.98. The molecule has 1 aliphatic rings. The second kappa shape index (κ2) is 5.50. The number of nitrogens with zero attached hydrogens (tertiary/aromatic N) is 1. The van der Waals surface area contributed by atoms with Crippen LogP contribution < -0.4 is 5.73 Å². The van der Waals surface area contributed by atoms with Crippen molar-refractivity contribution in [2.75, 3.05) is 13.6 Å². The van der Waals surface area contributed by atoms with Crippen LogP contribution in [0.3, 0.4) is 0 Å². The van der Waals surface area contributed by atoms with Crippen LogP contribution in [0, 0.1) is 0 Å². The lowest BCUT2D eigenvalue weighted by atomic mass is 10.1. The monoisotopic (exact) mass is 258 g/mol. The molecule has 90 valence electrons. The maximum Gasteiger partial charge on any atom is 0.0931 e. The minimum atomic E-state index is 0.334. The van der Waals surface area contributed by atoms with Crippen LogP contribution in [0.1, 0.15) is 36.6 Å². The van der Waals surface area contributed by atoms with E-state index in [0.717, 1.165) is 4.34 Å². The molecule has 1 aliphatic carbocycles. The standard InChI is InChI=1S/C12H19ClN2S/c1-15(9-4-2-3-5-9)10(8-14)11-6-7-12(13)16-11/h6-7,9-10H,2-5,8,14H2,1H3. The Hall–Kier alpha value is -0.0900. The van der Waals surface area contributed by atoms with Crippen LogP contribution in [0.2, 0.25) is 4.34 Å². The minimum Gasteiger partial charge on any atom is -0.329 e. The fourth-order valence-corrected chi connectivity index (χ4v) is 3.78. The van der Waals surface area contributed by atoms with E-state index in [1.807, 2.05) is 6.07 Å². The Morgan fingerprint density at radius 1 is 1.50 bits per heavy atom. The molecular weight excluding hydrogens is 240 g/mol. The van der Waals surface area contributed by atoms with Gasteiger partial charge in [0, 0.05) is 17.5 Å². The van der Waals surface area contributed by atoms with Gasteiger partial charge in [0.1, 0.15) is 0 Å². The molecule has 1 fully saturated rings. The van der Waals surface area contributed by atoms with Gasteiger partial charge in [0.15, 0.2) is 0 Å². The highest BCUT2D eigenvalue weighted by atomic mass is 35.5. The molecule has 0 saturated heterocycles. The van der Waals surface area contributed by atoms with Crippen molar-refractivity contribution in [3.8, 4) is 0 Å². The van der Waals surface area contributed by atoms with Crippen LogP contribution >= 0.6 is 22.9 Å². The number of rotatable bonds is 4. The number of hydrogen-bond donors (Lipinski definition) is 1. The average molecular weight is 259 g/mol. The Kier molecular flexibility index (Phi) is 4.25. The molecule has 1 unspecified atom stereocenters. The van der Waals surface area contributed by atoms with Crippen molar-refractivity contribution < 1.29 is 0 Å². The van der Waals surface area contributed by atoms with Gasteiger partial charge in [0.05, 0.1) is 10.4 Å². The van der Waals surface area contributed by atoms with Crippen LogP contribution in [0.25, 0.3) is 0 Å². The van der Waals surface area contributed by atoms with E-state index in [1.165, 1.54) is 30.6 Å². The van der Waals surface area contributed by atoms with Gasteiger partial charge in [-0.2, -0.15) is 0 Å². The lowest BCUT2D eigenvalue weighted by Crippen LogP contribution is -2.36. The zero-order chi connectivity index (χ0) is 11.5. The molecule has 0 aliphatic heterocycles. The molecule has 1 atom stereocenters. The molecule has 0 radical (unpaired) electrons. The lowest BCUT2D eigenvalue weighted by molar-refractivity contribution is 0.182. The van der Waals surface area contributed by atoms with E-state index >= 15 is 0 Å². The molecule has 1 aromatic heterocycles. The van der Waals surface area contributed by atoms with Gasteiger partial charge in [0.25, 0.3) is 0 Å². The molecule has 2 nitrogen and oxygen atoms in total. The topological polar surface area (TPSA) is 29.3 Å². The summed E-state index contributed by atoms with van der Waals surface area (Å²) in [6.07, 6.45) is 5.34. The van der Waals surface area contributed by atoms with E-state index in [1.54, 1.807) is 11.3 Å². The predicted molar refractivity (Wildman–Crippen MR) is 71.1 cm³/mol. The summed E-state index contributed by atoms with van der Waals surface area (Å²) in [7, 11) is 2.20. The fraction of sp³-hybridized carbons (Fsp3) is 0.667. The van der Waals surface area contributed by atoms with Crippen LogP contribution in [0.4, 0.5) is 0 Å². The summed E-state index contributed by atoms with van der Waals surface area (Å²) in [5, 5.41) is 0. The van der Waals surface area contributed by atoms with Crippen LogP contribution in [-0.4, -0.2) is 24.5 Å². The minimum absolute atomic E-state index is 0.334. The number of hydrogen-bond acceptors (Lipinski definition) is 3. The van der Waals surface area contributed by atoms with Crippen molar-refractivity contribution in [1.29, 1.82) is 0 Å². The van der Waals surface area contributed by atoms with E-state index < -0.39 is 0 Å². The third-order valence-corrected chi connectivity index (χ3v) is 4.87. The second-order valence-corrected chi connectivity index (χ2v) is 6.24. The predicted octanol–water partition coefficient (Wildman–Crippen LogP) is 3.28. The maximum absolute atomic E-state index is 5.98. The summed E-state index contributed by atoms with van der Waals surface area (Å²) in [5.74, 6) is 0. The first kappa shape index (κ1) is 12.4. The van der Waals surface area contributed by atoms with Crippen molar-refractivity contribution >= 4 is 22.9 Å². The Labute approximate surface area is 106 Å². The van der Waals surface area contributed by atoms with Gasteiger partial charge in [-0.3, -0.25) is 4.90 Å². The number of thiophene rings is 1. The van der Waals surface area contributed by atoms with Crippen LogP contribution in [-0.2, 0) is 0 Å². The first-order valence-electron chi connectivity index (χ1n) is 5.89. The number of nitrogens with two attached hydrogens (primary N) is 1. The summed E-state index contributed by atoms with van der Waals surface area (Å²) >= 11 is 7.64. The summed E-state index contributed by atoms with van der Waals surface area (Å²) in [6.45, 7) is 0.670. The van der Waals surface area contributed by atoms with Gasteiger partial charge in [0.2, 0.25) is 0 Å². The van der Waals surface area contributed by atoms with Crippen molar-refractivity contribution in [3.63, 3.8) is 0 Å². The molecule has 2 rings (SSSR count). The second-order valence-electron chi connectivity index (χ2n) is 4.50. The lowest BCUT2D eigenvalue weighted by Gasteiger charge is -2.31. The van der Waals surface area contributed by atoms with Gasteiger partial charge in [-0.05, 0) is 32.0 Å². The first-order valence-corrected chi connectivity index (χ1v) is 7.09. The SMILES string of the molecule is CN(C1CCCC1)C(CN)c1ccc(Cl)s1. The molecule has 0 spiro atoms. The van der Waals surface area contributed by atoms with E-state index in [4.69, 9.17) is 17.3 Å². The van der Waals surface area contributed by atoms with E-state index in [2.05, 4.69) is 18.0 Å². The van der Waals surface area contributed by atoms with Crippen molar-refractivity contribution in [1.82, 2.24) is 4.90 Å². The van der Waals surface area contributed by atoms with E-state index in [-0.39, 0.29) is 0 Å². The highest BCUT2D eigenvalue weighted by Gasteiger charge is 2.26. The molecule has 1 heterocycles. The Morgan fingerprint density at radius 3 is 2.69 bits per heavy atom. The van der Waals surface area contributed by atoms with Gasteiger partial charge in [-0.1, -0.05) is 24.4 Å². The Bertz CT molecular complexity index is 334. The largest absolute Gasteiger partial charge is 0.329 e. The van der Waals surface area contributed by atoms with E-state index in [0.29, 0.717) is 18.6 Å². The van der Waals surface area contributed by atoms with Crippen molar-refractivity contribution in [3.05, 3.63) is 21.3 Å². The molecule has 16 heavy (non-hydrogen) atoms. The summed E-state index contributed by atoms with van der Waals surface area (Å²) in [6, 6.07) is 5.11. The van der Waals surface area contributed by atoms with Crippen molar-refractivity contribution in [2.45, 2.75) is 37.8 Å². The third-order valence-electron chi connectivity index (χ3n) is 3.54. The average Bonchev–Trinajstić information content (AvgIpc) is 2.90. The molecular formula is C12H19ClN2S. The summed E-state index contributed by atoms with van der Waals surface area (Å²) < 4.78 is 0.855.